The van der Waals surface area contributed by atoms with Crippen molar-refractivity contribution in [3.63, 3.8) is 0 Å². The third-order valence-electron chi connectivity index (χ3n) is 8.81. The van der Waals surface area contributed by atoms with Gasteiger partial charge in [-0.05, 0) is 113 Å². The molecule has 0 atom stereocenters. The molecule has 2 aromatic carbocycles. The molecule has 0 unspecified atom stereocenters. The smallest absolute Gasteiger partial charge is 0.251 e. The van der Waals surface area contributed by atoms with Crippen molar-refractivity contribution in [2.45, 2.75) is 118 Å². The summed E-state index contributed by atoms with van der Waals surface area (Å²) in [6.07, 6.45) is 17.1. The van der Waals surface area contributed by atoms with Crippen molar-refractivity contribution in [3.8, 4) is 11.1 Å². The number of hydrogen-bond acceptors (Lipinski definition) is 4. The Bertz CT molecular complexity index is 948. The van der Waals surface area contributed by atoms with E-state index in [9.17, 15) is 9.59 Å². The fourth-order valence-corrected chi connectivity index (χ4v) is 5.85. The Morgan fingerprint density at radius 2 is 0.717 bits per heavy atom. The molecule has 0 fully saturated rings. The molecule has 0 aliphatic carbocycles. The van der Waals surface area contributed by atoms with Gasteiger partial charge < -0.3 is 20.4 Å². The van der Waals surface area contributed by atoms with E-state index in [2.05, 4.69) is 48.1 Å². The maximum absolute atomic E-state index is 12.8. The van der Waals surface area contributed by atoms with Crippen LogP contribution in [0.3, 0.4) is 0 Å². The lowest BCUT2D eigenvalue weighted by atomic mass is 10.0. The van der Waals surface area contributed by atoms with Crippen LogP contribution < -0.4 is 10.6 Å². The number of amides is 2. The lowest BCUT2D eigenvalue weighted by Gasteiger charge is -2.22. The monoisotopic (exact) mass is 635 g/mol. The normalized spacial score (nSPS) is 11.3. The molecule has 0 radical (unpaired) electrons. The lowest BCUT2D eigenvalue weighted by Crippen LogP contribution is -2.31. The molecule has 46 heavy (non-hydrogen) atoms. The van der Waals surface area contributed by atoms with Crippen LogP contribution in [0.15, 0.2) is 48.5 Å². The van der Waals surface area contributed by atoms with Gasteiger partial charge in [-0.2, -0.15) is 0 Å². The van der Waals surface area contributed by atoms with Crippen LogP contribution in [0.25, 0.3) is 11.1 Å². The fourth-order valence-electron chi connectivity index (χ4n) is 5.85. The third-order valence-corrected chi connectivity index (χ3v) is 8.81. The van der Waals surface area contributed by atoms with Gasteiger partial charge >= 0.3 is 0 Å². The summed E-state index contributed by atoms with van der Waals surface area (Å²) in [6, 6.07) is 15.5. The predicted octanol–water partition coefficient (Wildman–Crippen LogP) is 8.96. The third kappa shape index (κ3) is 16.7. The van der Waals surface area contributed by atoms with E-state index in [1.54, 1.807) is 0 Å². The highest BCUT2D eigenvalue weighted by molar-refractivity contribution is 5.95. The van der Waals surface area contributed by atoms with E-state index in [-0.39, 0.29) is 11.8 Å². The summed E-state index contributed by atoms with van der Waals surface area (Å²) in [5.41, 5.74) is 3.42. The molecule has 6 nitrogen and oxygen atoms in total. The minimum atomic E-state index is -0.0212. The number of carbonyl (C=O) groups excluding carboxylic acids is 2. The predicted molar refractivity (Wildman–Crippen MR) is 197 cm³/mol. The number of nitrogens with one attached hydrogen (secondary N) is 2. The number of nitrogens with zero attached hydrogens (tertiary/aromatic N) is 2. The maximum atomic E-state index is 12.8. The second-order valence-corrected chi connectivity index (χ2v) is 12.9. The summed E-state index contributed by atoms with van der Waals surface area (Å²) >= 11 is 0. The SMILES string of the molecule is CCCCCN(CCCCC)CCCNC(=O)c1ccc(-c2ccc(C(=O)NCCCN(CCCCC)CCCCC)cc2)cc1. The van der Waals surface area contributed by atoms with Gasteiger partial charge in [0.25, 0.3) is 11.8 Å². The summed E-state index contributed by atoms with van der Waals surface area (Å²) in [6.45, 7) is 17.1. The van der Waals surface area contributed by atoms with E-state index in [1.165, 1.54) is 77.0 Å². The molecule has 2 amide bonds. The summed E-state index contributed by atoms with van der Waals surface area (Å²) in [7, 11) is 0. The quantitative estimate of drug-likeness (QED) is 0.0963. The molecule has 2 N–H and O–H groups in total. The Morgan fingerprint density at radius 3 is 1.00 bits per heavy atom. The van der Waals surface area contributed by atoms with Crippen LogP contribution in [0.5, 0.6) is 0 Å². The minimum absolute atomic E-state index is 0.0212. The first-order valence-corrected chi connectivity index (χ1v) is 18.7. The summed E-state index contributed by atoms with van der Waals surface area (Å²) < 4.78 is 0. The fraction of sp³-hybridized carbons (Fsp3) is 0.650. The van der Waals surface area contributed by atoms with Gasteiger partial charge in [0.1, 0.15) is 0 Å². The van der Waals surface area contributed by atoms with E-state index in [1.807, 2.05) is 48.5 Å². The van der Waals surface area contributed by atoms with Crippen LogP contribution in [0.4, 0.5) is 0 Å². The Labute approximate surface area is 282 Å². The maximum Gasteiger partial charge on any atom is 0.251 e. The van der Waals surface area contributed by atoms with Crippen molar-refractivity contribution in [3.05, 3.63) is 59.7 Å². The molecule has 2 rings (SSSR count). The molecular weight excluding hydrogens is 568 g/mol. The van der Waals surface area contributed by atoms with E-state index < -0.39 is 0 Å². The zero-order valence-electron chi connectivity index (χ0n) is 29.9. The van der Waals surface area contributed by atoms with Gasteiger partial charge in [0.05, 0.1) is 0 Å². The van der Waals surface area contributed by atoms with Gasteiger partial charge in [-0.3, -0.25) is 9.59 Å². The molecule has 0 spiro atoms. The van der Waals surface area contributed by atoms with Crippen molar-refractivity contribution < 1.29 is 9.59 Å². The molecule has 2 aromatic rings. The minimum Gasteiger partial charge on any atom is -0.352 e. The van der Waals surface area contributed by atoms with Crippen LogP contribution in [0.1, 0.15) is 138 Å². The Hall–Kier alpha value is -2.70. The summed E-state index contributed by atoms with van der Waals surface area (Å²) in [4.78, 5) is 30.7. The number of rotatable bonds is 27. The molecule has 0 aliphatic rings. The number of unbranched alkanes of at least 4 members (excludes halogenated alkanes) is 8. The van der Waals surface area contributed by atoms with Gasteiger partial charge in [-0.1, -0.05) is 103 Å². The second-order valence-electron chi connectivity index (χ2n) is 12.9. The zero-order valence-corrected chi connectivity index (χ0v) is 29.9. The van der Waals surface area contributed by atoms with Crippen molar-refractivity contribution in [1.29, 1.82) is 0 Å². The molecule has 0 bridgehead atoms. The molecule has 0 aliphatic heterocycles. The number of hydrogen-bond donors (Lipinski definition) is 2. The molecular formula is C40H66N4O2. The molecule has 258 valence electrons. The first kappa shape index (κ1) is 39.5. The second kappa shape index (κ2) is 25.4. The molecule has 0 saturated heterocycles. The van der Waals surface area contributed by atoms with E-state index in [0.717, 1.165) is 63.2 Å². The van der Waals surface area contributed by atoms with Crippen molar-refractivity contribution in [1.82, 2.24) is 20.4 Å². The van der Waals surface area contributed by atoms with Gasteiger partial charge in [0.2, 0.25) is 0 Å². The zero-order chi connectivity index (χ0) is 33.2. The number of benzene rings is 2. The Kier molecular flexibility index (Phi) is 21.8. The van der Waals surface area contributed by atoms with Crippen molar-refractivity contribution in [2.75, 3.05) is 52.4 Å². The van der Waals surface area contributed by atoms with Crippen LogP contribution in [-0.2, 0) is 0 Å². The first-order chi connectivity index (χ1) is 22.5. The van der Waals surface area contributed by atoms with Gasteiger partial charge in [-0.15, -0.1) is 0 Å². The average Bonchev–Trinajstić information content (AvgIpc) is 3.08. The van der Waals surface area contributed by atoms with E-state index in [4.69, 9.17) is 0 Å². The molecule has 0 heterocycles. The highest BCUT2D eigenvalue weighted by atomic mass is 16.2. The Balaban J connectivity index is 1.76. The molecule has 0 saturated carbocycles. The highest BCUT2D eigenvalue weighted by Gasteiger charge is 2.10. The van der Waals surface area contributed by atoms with Crippen LogP contribution in [-0.4, -0.2) is 74.0 Å². The van der Waals surface area contributed by atoms with Gasteiger partial charge in [0, 0.05) is 24.2 Å². The van der Waals surface area contributed by atoms with Crippen LogP contribution in [0.2, 0.25) is 0 Å². The lowest BCUT2D eigenvalue weighted by molar-refractivity contribution is 0.0943. The molecule has 6 heteroatoms. The largest absolute Gasteiger partial charge is 0.352 e. The summed E-state index contributed by atoms with van der Waals surface area (Å²) in [5.74, 6) is -0.0424. The molecule has 0 aromatic heterocycles. The van der Waals surface area contributed by atoms with Crippen molar-refractivity contribution in [2.24, 2.45) is 0 Å². The highest BCUT2D eigenvalue weighted by Crippen LogP contribution is 2.20. The average molecular weight is 635 g/mol. The topological polar surface area (TPSA) is 64.7 Å². The van der Waals surface area contributed by atoms with E-state index in [0.29, 0.717) is 24.2 Å². The van der Waals surface area contributed by atoms with Crippen LogP contribution >= 0.6 is 0 Å². The van der Waals surface area contributed by atoms with Crippen LogP contribution in [0, 0.1) is 0 Å². The van der Waals surface area contributed by atoms with Crippen molar-refractivity contribution >= 4 is 11.8 Å². The van der Waals surface area contributed by atoms with Gasteiger partial charge in [-0.25, -0.2) is 0 Å². The van der Waals surface area contributed by atoms with E-state index >= 15 is 0 Å². The Morgan fingerprint density at radius 1 is 0.435 bits per heavy atom. The van der Waals surface area contributed by atoms with Gasteiger partial charge in [0.15, 0.2) is 0 Å². The first-order valence-electron chi connectivity index (χ1n) is 18.7. The standard InChI is InChI=1S/C40H66N4O2/c1-5-9-13-29-43(30-14-10-6-2)33-17-27-41-39(45)37-23-19-35(20-24-37)36-21-25-38(26-22-36)40(46)42-28-18-34-44(31-15-11-7-3)32-16-12-8-4/h19-26H,5-18,27-34H2,1-4H3,(H,41,45)(H,42,46). The number of carbonyl (C=O) groups is 2. The summed E-state index contributed by atoms with van der Waals surface area (Å²) in [5, 5.41) is 6.21.